The summed E-state index contributed by atoms with van der Waals surface area (Å²) in [7, 11) is 0. The second kappa shape index (κ2) is 4.72. The first kappa shape index (κ1) is 12.1. The first-order chi connectivity index (χ1) is 6.93. The van der Waals surface area contributed by atoms with Crippen molar-refractivity contribution in [3.05, 3.63) is 23.7 Å². The van der Waals surface area contributed by atoms with E-state index in [4.69, 9.17) is 9.52 Å². The summed E-state index contributed by atoms with van der Waals surface area (Å²) in [5, 5.41) is 18.1. The Morgan fingerprint density at radius 1 is 1.67 bits per heavy atom. The number of carboxylic acid groups (broad SMARTS) is 1. The fraction of sp³-hybridized carbons (Fsp3) is 0.500. The lowest BCUT2D eigenvalue weighted by atomic mass is 10.1. The Morgan fingerprint density at radius 2 is 2.33 bits per heavy atom. The van der Waals surface area contributed by atoms with E-state index >= 15 is 0 Å². The molecule has 4 nitrogen and oxygen atoms in total. The highest BCUT2D eigenvalue weighted by Gasteiger charge is 2.29. The van der Waals surface area contributed by atoms with Crippen LogP contribution in [-0.2, 0) is 10.5 Å². The summed E-state index contributed by atoms with van der Waals surface area (Å²) in [5.74, 6) is 0.331. The largest absolute Gasteiger partial charge is 0.479 e. The third-order valence-corrected chi connectivity index (χ3v) is 3.28. The fourth-order valence-corrected chi connectivity index (χ4v) is 2.06. The van der Waals surface area contributed by atoms with E-state index in [2.05, 4.69) is 0 Å². The molecular formula is C10H14O4S. The second-order valence-corrected chi connectivity index (χ2v) is 4.58. The number of aliphatic carboxylic acids is 1. The van der Waals surface area contributed by atoms with Gasteiger partial charge in [-0.2, -0.15) is 11.8 Å². The maximum atomic E-state index is 10.6. The third-order valence-electron chi connectivity index (χ3n) is 2.05. The molecule has 1 aromatic rings. The van der Waals surface area contributed by atoms with E-state index in [9.17, 15) is 9.90 Å². The molecule has 1 unspecified atom stereocenters. The van der Waals surface area contributed by atoms with Crippen molar-refractivity contribution in [1.29, 1.82) is 0 Å². The summed E-state index contributed by atoms with van der Waals surface area (Å²) in [6.45, 7) is 3.21. The maximum absolute atomic E-state index is 10.6. The number of thioether (sulfide) groups is 1. The van der Waals surface area contributed by atoms with Gasteiger partial charge >= 0.3 is 5.97 Å². The minimum atomic E-state index is -1.68. The highest BCUT2D eigenvalue weighted by molar-refractivity contribution is 7.98. The quantitative estimate of drug-likeness (QED) is 0.805. The number of aryl methyl sites for hydroxylation is 1. The van der Waals surface area contributed by atoms with Gasteiger partial charge in [0.2, 0.25) is 0 Å². The molecule has 0 aliphatic rings. The lowest BCUT2D eigenvalue weighted by Gasteiger charge is -2.16. The number of rotatable bonds is 5. The van der Waals surface area contributed by atoms with Crippen LogP contribution in [0, 0.1) is 6.92 Å². The van der Waals surface area contributed by atoms with Gasteiger partial charge in [0, 0.05) is 5.75 Å². The van der Waals surface area contributed by atoms with Crippen molar-refractivity contribution in [3.8, 4) is 0 Å². The minimum absolute atomic E-state index is 0.141. The molecule has 0 saturated heterocycles. The van der Waals surface area contributed by atoms with Gasteiger partial charge in [-0.3, -0.25) is 0 Å². The van der Waals surface area contributed by atoms with Crippen LogP contribution in [0.1, 0.15) is 18.2 Å². The van der Waals surface area contributed by atoms with E-state index in [1.807, 2.05) is 13.0 Å². The SMILES string of the molecule is Cc1ccoc1CSCC(C)(O)C(=O)O. The lowest BCUT2D eigenvalue weighted by molar-refractivity contribution is -0.154. The molecule has 1 rings (SSSR count). The molecule has 5 heteroatoms. The Morgan fingerprint density at radius 3 is 2.80 bits per heavy atom. The molecule has 0 aliphatic carbocycles. The Kier molecular flexibility index (Phi) is 3.82. The topological polar surface area (TPSA) is 70.7 Å². The van der Waals surface area contributed by atoms with Crippen molar-refractivity contribution >= 4 is 17.7 Å². The van der Waals surface area contributed by atoms with Crippen LogP contribution in [0.4, 0.5) is 0 Å². The minimum Gasteiger partial charge on any atom is -0.479 e. The Bertz CT molecular complexity index is 343. The Hall–Kier alpha value is -0.940. The van der Waals surface area contributed by atoms with Crippen molar-refractivity contribution in [2.75, 3.05) is 5.75 Å². The molecule has 1 aromatic heterocycles. The van der Waals surface area contributed by atoms with Crippen LogP contribution in [0.3, 0.4) is 0 Å². The normalized spacial score (nSPS) is 14.9. The zero-order chi connectivity index (χ0) is 11.5. The summed E-state index contributed by atoms with van der Waals surface area (Å²) in [6.07, 6.45) is 1.60. The number of hydrogen-bond acceptors (Lipinski definition) is 4. The summed E-state index contributed by atoms with van der Waals surface area (Å²) in [4.78, 5) is 10.6. The van der Waals surface area contributed by atoms with Gasteiger partial charge < -0.3 is 14.6 Å². The predicted molar refractivity (Wildman–Crippen MR) is 57.9 cm³/mol. The van der Waals surface area contributed by atoms with Crippen LogP contribution in [-0.4, -0.2) is 27.5 Å². The van der Waals surface area contributed by atoms with Crippen molar-refractivity contribution in [1.82, 2.24) is 0 Å². The van der Waals surface area contributed by atoms with Gasteiger partial charge in [-0.1, -0.05) is 0 Å². The Balaban J connectivity index is 2.40. The first-order valence-corrected chi connectivity index (χ1v) is 5.65. The number of carbonyl (C=O) groups is 1. The summed E-state index contributed by atoms with van der Waals surface area (Å²) >= 11 is 1.34. The van der Waals surface area contributed by atoms with Crippen molar-refractivity contribution < 1.29 is 19.4 Å². The fourth-order valence-electron chi connectivity index (χ4n) is 0.956. The lowest BCUT2D eigenvalue weighted by Crippen LogP contribution is -2.37. The van der Waals surface area contributed by atoms with E-state index in [0.717, 1.165) is 11.3 Å². The van der Waals surface area contributed by atoms with Gasteiger partial charge in [-0.05, 0) is 25.5 Å². The molecule has 15 heavy (non-hydrogen) atoms. The number of aliphatic hydroxyl groups is 1. The molecule has 0 fully saturated rings. The molecule has 0 saturated carbocycles. The first-order valence-electron chi connectivity index (χ1n) is 4.50. The monoisotopic (exact) mass is 230 g/mol. The average molecular weight is 230 g/mol. The molecule has 1 atom stereocenters. The summed E-state index contributed by atoms with van der Waals surface area (Å²) in [5.41, 5.74) is -0.636. The number of carboxylic acids is 1. The van der Waals surface area contributed by atoms with Gasteiger partial charge in [0.1, 0.15) is 5.76 Å². The molecule has 0 spiro atoms. The zero-order valence-corrected chi connectivity index (χ0v) is 9.50. The predicted octanol–water partition coefficient (Wildman–Crippen LogP) is 1.66. The average Bonchev–Trinajstić information content (AvgIpc) is 2.51. The molecular weight excluding hydrogens is 216 g/mol. The Labute approximate surface area is 92.3 Å². The van der Waals surface area contributed by atoms with Gasteiger partial charge in [0.05, 0.1) is 12.0 Å². The van der Waals surface area contributed by atoms with Crippen LogP contribution in [0.5, 0.6) is 0 Å². The molecule has 0 aromatic carbocycles. The van der Waals surface area contributed by atoms with Gasteiger partial charge in [0.15, 0.2) is 5.60 Å². The molecule has 0 bridgehead atoms. The van der Waals surface area contributed by atoms with E-state index in [1.54, 1.807) is 6.26 Å². The molecule has 84 valence electrons. The van der Waals surface area contributed by atoms with E-state index in [0.29, 0.717) is 5.75 Å². The van der Waals surface area contributed by atoms with Gasteiger partial charge in [-0.15, -0.1) is 0 Å². The molecule has 2 N–H and O–H groups in total. The van der Waals surface area contributed by atoms with Gasteiger partial charge in [0.25, 0.3) is 0 Å². The van der Waals surface area contributed by atoms with E-state index in [-0.39, 0.29) is 5.75 Å². The molecule has 1 heterocycles. The highest BCUT2D eigenvalue weighted by Crippen LogP contribution is 2.20. The van der Waals surface area contributed by atoms with E-state index in [1.165, 1.54) is 18.7 Å². The number of furan rings is 1. The second-order valence-electron chi connectivity index (χ2n) is 3.60. The zero-order valence-electron chi connectivity index (χ0n) is 8.69. The molecule has 0 aliphatic heterocycles. The van der Waals surface area contributed by atoms with Crippen molar-refractivity contribution in [3.63, 3.8) is 0 Å². The van der Waals surface area contributed by atoms with E-state index < -0.39 is 11.6 Å². The van der Waals surface area contributed by atoms with Crippen LogP contribution in [0.25, 0.3) is 0 Å². The third kappa shape index (κ3) is 3.28. The van der Waals surface area contributed by atoms with Crippen LogP contribution in [0.15, 0.2) is 16.7 Å². The van der Waals surface area contributed by atoms with Crippen LogP contribution < -0.4 is 0 Å². The number of hydrogen-bond donors (Lipinski definition) is 2. The van der Waals surface area contributed by atoms with Crippen molar-refractivity contribution in [2.45, 2.75) is 25.2 Å². The van der Waals surface area contributed by atoms with Gasteiger partial charge in [-0.25, -0.2) is 4.79 Å². The summed E-state index contributed by atoms with van der Waals surface area (Å²) < 4.78 is 5.19. The smallest absolute Gasteiger partial charge is 0.336 e. The standard InChI is InChI=1S/C10H14O4S/c1-7-3-4-14-8(7)5-15-6-10(2,13)9(11)12/h3-4,13H,5-6H2,1-2H3,(H,11,12). The highest BCUT2D eigenvalue weighted by atomic mass is 32.2. The van der Waals surface area contributed by atoms with Crippen LogP contribution in [0.2, 0.25) is 0 Å². The summed E-state index contributed by atoms with van der Waals surface area (Å²) in [6, 6.07) is 1.85. The van der Waals surface area contributed by atoms with Crippen LogP contribution >= 0.6 is 11.8 Å². The maximum Gasteiger partial charge on any atom is 0.336 e. The molecule has 0 amide bonds. The molecule has 0 radical (unpaired) electrons. The van der Waals surface area contributed by atoms with Crippen molar-refractivity contribution in [2.24, 2.45) is 0 Å².